The number of nitrogens with zero attached hydrogens (tertiary/aromatic N) is 3. The van der Waals surface area contributed by atoms with Gasteiger partial charge in [0.1, 0.15) is 11.9 Å². The topological polar surface area (TPSA) is 76.5 Å². The van der Waals surface area contributed by atoms with Crippen molar-refractivity contribution >= 4 is 34.5 Å². The second-order valence-corrected chi connectivity index (χ2v) is 7.63. The first-order valence-corrected chi connectivity index (χ1v) is 10.1. The molecule has 154 valence electrons. The Balaban J connectivity index is 1.44. The Morgan fingerprint density at radius 3 is 2.90 bits per heavy atom. The molecule has 0 saturated carbocycles. The summed E-state index contributed by atoms with van der Waals surface area (Å²) in [7, 11) is 0. The maximum absolute atomic E-state index is 13.4. The molecule has 1 aromatic heterocycles. The predicted octanol–water partition coefficient (Wildman–Crippen LogP) is 3.27. The van der Waals surface area contributed by atoms with Crippen LogP contribution in [0, 0.1) is 5.82 Å². The zero-order valence-electron chi connectivity index (χ0n) is 16.3. The van der Waals surface area contributed by atoms with Crippen LogP contribution in [0.1, 0.15) is 25.3 Å². The van der Waals surface area contributed by atoms with Crippen LogP contribution >= 0.6 is 0 Å². The van der Waals surface area contributed by atoms with Crippen molar-refractivity contribution in [2.75, 3.05) is 23.4 Å². The summed E-state index contributed by atoms with van der Waals surface area (Å²) >= 11 is 0. The van der Waals surface area contributed by atoms with E-state index >= 15 is 0 Å². The van der Waals surface area contributed by atoms with E-state index in [1.807, 2.05) is 28.8 Å². The Kier molecular flexibility index (Phi) is 4.71. The van der Waals surface area contributed by atoms with E-state index in [1.165, 1.54) is 18.2 Å². The van der Waals surface area contributed by atoms with E-state index in [4.69, 9.17) is 4.74 Å². The van der Waals surface area contributed by atoms with Gasteiger partial charge >= 0.3 is 0 Å². The van der Waals surface area contributed by atoms with Gasteiger partial charge in [0, 0.05) is 12.3 Å². The molecule has 1 N–H and O–H groups in total. The number of aromatic nitrogens is 2. The minimum atomic E-state index is -0.706. The van der Waals surface area contributed by atoms with Gasteiger partial charge < -0.3 is 10.1 Å². The summed E-state index contributed by atoms with van der Waals surface area (Å²) in [5.41, 5.74) is 1.93. The van der Waals surface area contributed by atoms with Crippen LogP contribution in [0.25, 0.3) is 11.0 Å². The normalized spacial score (nSPS) is 20.7. The van der Waals surface area contributed by atoms with Crippen molar-refractivity contribution in [1.29, 1.82) is 0 Å². The average Bonchev–Trinajstić information content (AvgIpc) is 3.42. The lowest BCUT2D eigenvalue weighted by Crippen LogP contribution is -2.37. The number of ether oxygens (including phenoxy) is 1. The van der Waals surface area contributed by atoms with E-state index in [1.54, 1.807) is 11.0 Å². The molecule has 2 aliphatic rings. The second-order valence-electron chi connectivity index (χ2n) is 7.63. The van der Waals surface area contributed by atoms with Crippen LogP contribution in [-0.2, 0) is 14.3 Å². The Bertz CT molecular complexity index is 1120. The molecule has 5 rings (SSSR count). The number of benzene rings is 2. The van der Waals surface area contributed by atoms with Gasteiger partial charge in [0.25, 0.3) is 5.91 Å². The number of para-hydroxylation sites is 2. The van der Waals surface area contributed by atoms with Gasteiger partial charge in [0.2, 0.25) is 11.9 Å². The average molecular weight is 408 g/mol. The number of halogens is 1. The first kappa shape index (κ1) is 18.7. The van der Waals surface area contributed by atoms with Crippen LogP contribution in [0.15, 0.2) is 48.5 Å². The van der Waals surface area contributed by atoms with Gasteiger partial charge in [-0.25, -0.2) is 9.37 Å². The van der Waals surface area contributed by atoms with Gasteiger partial charge in [0.05, 0.1) is 30.1 Å². The number of nitrogens with one attached hydrogen (secondary N) is 1. The fourth-order valence-corrected chi connectivity index (χ4v) is 4.21. The number of carbonyl (C=O) groups is 2. The molecule has 0 spiro atoms. The molecule has 3 heterocycles. The third-order valence-electron chi connectivity index (χ3n) is 5.58. The van der Waals surface area contributed by atoms with Crippen molar-refractivity contribution in [2.24, 2.45) is 0 Å². The highest BCUT2D eigenvalue weighted by Crippen LogP contribution is 2.37. The van der Waals surface area contributed by atoms with Crippen molar-refractivity contribution in [1.82, 2.24) is 9.55 Å². The van der Waals surface area contributed by atoms with Gasteiger partial charge in [0.15, 0.2) is 0 Å². The zero-order chi connectivity index (χ0) is 20.7. The van der Waals surface area contributed by atoms with Gasteiger partial charge in [-0.3, -0.25) is 19.1 Å². The lowest BCUT2D eigenvalue weighted by atomic mass is 10.1. The number of fused-ring (bicyclic) bond motifs is 3. The fraction of sp³-hybridized carbons (Fsp3) is 0.318. The number of carbonyl (C=O) groups excluding carboxylic acids is 2. The molecule has 0 radical (unpaired) electrons. The monoisotopic (exact) mass is 408 g/mol. The maximum Gasteiger partial charge on any atom is 0.253 e. The Morgan fingerprint density at radius 2 is 2.10 bits per heavy atom. The van der Waals surface area contributed by atoms with Crippen molar-refractivity contribution < 1.29 is 18.7 Å². The lowest BCUT2D eigenvalue weighted by Gasteiger charge is -2.19. The lowest BCUT2D eigenvalue weighted by molar-refractivity contribution is -0.124. The molecule has 0 bridgehead atoms. The van der Waals surface area contributed by atoms with E-state index in [2.05, 4.69) is 10.3 Å². The SMILES string of the molecule is O=C(C[C@H]1C(=O)N(C[C@@H]2CCCO2)c2nc3ccccc3n21)Nc1cccc(F)c1. The quantitative estimate of drug-likeness (QED) is 0.703. The molecule has 8 heteroatoms. The fourth-order valence-electron chi connectivity index (χ4n) is 4.21. The summed E-state index contributed by atoms with van der Waals surface area (Å²) < 4.78 is 21.0. The highest BCUT2D eigenvalue weighted by molar-refractivity contribution is 6.05. The molecule has 2 aromatic carbocycles. The molecule has 2 atom stereocenters. The van der Waals surface area contributed by atoms with Crippen molar-refractivity contribution in [3.8, 4) is 0 Å². The van der Waals surface area contributed by atoms with Gasteiger partial charge in [-0.05, 0) is 43.2 Å². The number of amides is 2. The highest BCUT2D eigenvalue weighted by atomic mass is 19.1. The number of imidazole rings is 1. The number of hydrogen-bond acceptors (Lipinski definition) is 4. The highest BCUT2D eigenvalue weighted by Gasteiger charge is 2.42. The van der Waals surface area contributed by atoms with Crippen molar-refractivity contribution in [2.45, 2.75) is 31.4 Å². The number of anilines is 2. The minimum absolute atomic E-state index is 0.0258. The largest absolute Gasteiger partial charge is 0.376 e. The van der Waals surface area contributed by atoms with Crippen LogP contribution in [0.3, 0.4) is 0 Å². The van der Waals surface area contributed by atoms with Gasteiger partial charge in [-0.1, -0.05) is 18.2 Å². The first-order valence-electron chi connectivity index (χ1n) is 10.1. The summed E-state index contributed by atoms with van der Waals surface area (Å²) in [6.07, 6.45) is 1.78. The third kappa shape index (κ3) is 3.33. The predicted molar refractivity (Wildman–Crippen MR) is 110 cm³/mol. The van der Waals surface area contributed by atoms with E-state index in [0.717, 1.165) is 23.9 Å². The maximum atomic E-state index is 13.4. The Labute approximate surface area is 172 Å². The van der Waals surface area contributed by atoms with Gasteiger partial charge in [-0.15, -0.1) is 0 Å². The van der Waals surface area contributed by atoms with Crippen LogP contribution in [0.5, 0.6) is 0 Å². The molecule has 0 unspecified atom stereocenters. The van der Waals surface area contributed by atoms with E-state index < -0.39 is 11.9 Å². The molecule has 0 aliphatic carbocycles. The molecule has 3 aromatic rings. The van der Waals surface area contributed by atoms with Gasteiger partial charge in [-0.2, -0.15) is 0 Å². The van der Waals surface area contributed by atoms with E-state index in [0.29, 0.717) is 24.8 Å². The smallest absolute Gasteiger partial charge is 0.253 e. The molecule has 2 amide bonds. The Hall–Kier alpha value is -3.26. The molecule has 30 heavy (non-hydrogen) atoms. The van der Waals surface area contributed by atoms with Crippen LogP contribution in [0.2, 0.25) is 0 Å². The Morgan fingerprint density at radius 1 is 1.23 bits per heavy atom. The second kappa shape index (κ2) is 7.53. The van der Waals surface area contributed by atoms with Crippen molar-refractivity contribution in [3.63, 3.8) is 0 Å². The summed E-state index contributed by atoms with van der Waals surface area (Å²) in [5, 5.41) is 2.68. The van der Waals surface area contributed by atoms with Crippen LogP contribution < -0.4 is 10.2 Å². The summed E-state index contributed by atoms with van der Waals surface area (Å²) in [6, 6.07) is 12.5. The molecule has 1 fully saturated rings. The van der Waals surface area contributed by atoms with E-state index in [9.17, 15) is 14.0 Å². The van der Waals surface area contributed by atoms with E-state index in [-0.39, 0.29) is 24.3 Å². The summed E-state index contributed by atoms with van der Waals surface area (Å²) in [5.74, 6) is -0.426. The van der Waals surface area contributed by atoms with Crippen LogP contribution in [0.4, 0.5) is 16.0 Å². The summed E-state index contributed by atoms with van der Waals surface area (Å²) in [6.45, 7) is 1.12. The number of rotatable bonds is 5. The molecular formula is C22H21FN4O3. The standard InChI is InChI=1S/C22H21FN4O3/c23-14-5-3-6-15(11-14)24-20(28)12-19-21(29)26(13-16-7-4-10-30-16)22-25-17-8-1-2-9-18(17)27(19)22/h1-3,5-6,8-9,11,16,19H,4,7,10,12-13H2,(H,24,28)/t16-,19-/m0/s1. The number of hydrogen-bond donors (Lipinski definition) is 1. The van der Waals surface area contributed by atoms with Crippen molar-refractivity contribution in [3.05, 3.63) is 54.3 Å². The first-order chi connectivity index (χ1) is 14.6. The molecule has 7 nitrogen and oxygen atoms in total. The summed E-state index contributed by atoms with van der Waals surface area (Å²) in [4.78, 5) is 32.2. The zero-order valence-corrected chi connectivity index (χ0v) is 16.3. The molecule has 1 saturated heterocycles. The third-order valence-corrected chi connectivity index (χ3v) is 5.58. The minimum Gasteiger partial charge on any atom is -0.376 e. The molecule has 2 aliphatic heterocycles. The van der Waals surface area contributed by atoms with Crippen LogP contribution in [-0.4, -0.2) is 40.6 Å². The molecular weight excluding hydrogens is 387 g/mol.